The molecule has 0 aromatic heterocycles. The van der Waals surface area contributed by atoms with E-state index in [0.29, 0.717) is 32.1 Å². The molecule has 0 spiro atoms. The minimum Gasteiger partial charge on any atom is -0.394 e. The fourth-order valence-corrected chi connectivity index (χ4v) is 16.5. The molecule has 3 saturated carbocycles. The molecule has 30 unspecified atom stereocenters. The first-order valence-corrected chi connectivity index (χ1v) is 32.1. The van der Waals surface area contributed by atoms with Gasteiger partial charge < -0.3 is 114 Å². The van der Waals surface area contributed by atoms with Gasteiger partial charge in [0.2, 0.25) is 0 Å². The molecule has 0 aromatic rings. The molecule has 5 aliphatic heterocycles. The molecule has 0 bridgehead atoms. The molecule has 5 saturated heterocycles. The third kappa shape index (κ3) is 13.6. The number of aliphatic hydroxyl groups excluding tert-OH is 12. The van der Waals surface area contributed by atoms with Gasteiger partial charge in [0.25, 0.3) is 0 Å². The topological polar surface area (TPSA) is 436 Å². The van der Waals surface area contributed by atoms with E-state index >= 15 is 0 Å². The molecule has 502 valence electrons. The van der Waals surface area contributed by atoms with Gasteiger partial charge in [-0.3, -0.25) is 9.35 Å². The number of aliphatic hydroxyl groups is 13. The van der Waals surface area contributed by atoms with Crippen molar-refractivity contribution in [3.8, 4) is 0 Å². The van der Waals surface area contributed by atoms with E-state index < -0.39 is 205 Å². The minimum atomic E-state index is -4.89. The standard InChI is InChI=1S/C58H96O28S/c1-21(2)22(3)32(60)19-58(10,72)35-12-11-29-28-18-33(31-17-27(86-87(73,74)75)13-15-56(31,8)30(28)14-16-57(29,35)9)80-53-46(71)48(38(63)25(6)78-53)83-54-50(85-52-44(69)41(66)37(62)24(5)77-52)45(70)47(26(7)79-54)82-55-49(42(67)39(64)34(20-59)81-55)84-51-43(68)40(65)36(61)23(4)76-51/h14,21-29,31,33-55,59,61-72H,11-13,15-20H2,1-10H3,(H,73,74,75)/t22-,23?,24?,25?,26?,27-,28?,29?,31?,33?,34?,35-,36?,37?,38?,39?,40?,41?,42?,43?,44?,45?,46?,47?,48?,49?,50?,51?,52?,53?,54?,55?,56+,57-,58?/m0/s1. The Morgan fingerprint density at radius 3 is 1.69 bits per heavy atom. The van der Waals surface area contributed by atoms with E-state index in [4.69, 9.17) is 51.6 Å². The van der Waals surface area contributed by atoms with Crippen LogP contribution in [0.5, 0.6) is 0 Å². The average Bonchev–Trinajstić information content (AvgIpc) is 1.70. The lowest BCUT2D eigenvalue weighted by Gasteiger charge is -2.60. The lowest BCUT2D eigenvalue weighted by atomic mass is 9.47. The number of rotatable bonds is 18. The zero-order chi connectivity index (χ0) is 64.1. The van der Waals surface area contributed by atoms with E-state index in [1.54, 1.807) is 6.92 Å². The molecular formula is C58H96O28S. The van der Waals surface area contributed by atoms with Crippen LogP contribution in [0.4, 0.5) is 0 Å². The number of fused-ring (bicyclic) bond motifs is 5. The Labute approximate surface area is 506 Å². The van der Waals surface area contributed by atoms with Crippen LogP contribution in [0.25, 0.3) is 0 Å². The largest absolute Gasteiger partial charge is 0.397 e. The number of ether oxygens (including phenoxy) is 10. The molecule has 0 aromatic carbocycles. The first kappa shape index (κ1) is 69.7. The van der Waals surface area contributed by atoms with Crippen molar-refractivity contribution >= 4 is 16.2 Å². The van der Waals surface area contributed by atoms with Crippen LogP contribution >= 0.6 is 0 Å². The maximum Gasteiger partial charge on any atom is 0.397 e. The van der Waals surface area contributed by atoms with E-state index in [-0.39, 0.29) is 54.6 Å². The Hall–Kier alpha value is -1.64. The monoisotopic (exact) mass is 1270 g/mol. The normalized spacial score (nSPS) is 51.6. The summed E-state index contributed by atoms with van der Waals surface area (Å²) in [6.07, 6.45) is -39.1. The predicted molar refractivity (Wildman–Crippen MR) is 295 cm³/mol. The molecule has 9 aliphatic rings. The summed E-state index contributed by atoms with van der Waals surface area (Å²) in [6.45, 7) is 16.6. The number of carbonyl (C=O) groups is 1. The highest BCUT2D eigenvalue weighted by molar-refractivity contribution is 7.80. The van der Waals surface area contributed by atoms with E-state index in [1.165, 1.54) is 27.7 Å². The molecular weight excluding hydrogens is 1180 g/mol. The van der Waals surface area contributed by atoms with Crippen LogP contribution in [-0.2, 0) is 66.7 Å². The maximum atomic E-state index is 13.6. The van der Waals surface area contributed by atoms with Crippen LogP contribution in [0.2, 0.25) is 0 Å². The molecule has 5 heterocycles. The van der Waals surface area contributed by atoms with Crippen LogP contribution in [0.15, 0.2) is 11.6 Å². The van der Waals surface area contributed by atoms with Crippen molar-refractivity contribution in [3.63, 3.8) is 0 Å². The molecule has 14 N–H and O–H groups in total. The summed E-state index contributed by atoms with van der Waals surface area (Å²) in [6, 6.07) is 0. The van der Waals surface area contributed by atoms with Crippen LogP contribution in [0.1, 0.15) is 121 Å². The van der Waals surface area contributed by atoms with Gasteiger partial charge in [-0.05, 0) is 120 Å². The second-order valence-electron chi connectivity index (χ2n) is 27.5. The van der Waals surface area contributed by atoms with Crippen molar-refractivity contribution in [2.75, 3.05) is 6.61 Å². The summed E-state index contributed by atoms with van der Waals surface area (Å²) < 4.78 is 101. The molecule has 28 nitrogen and oxygen atoms in total. The molecule has 0 radical (unpaired) electrons. The van der Waals surface area contributed by atoms with Crippen LogP contribution in [-0.4, -0.2) is 263 Å². The van der Waals surface area contributed by atoms with Crippen molar-refractivity contribution < 1.29 is 136 Å². The number of ketones is 1. The summed E-state index contributed by atoms with van der Waals surface area (Å²) in [5, 5.41) is 146. The molecule has 8 fully saturated rings. The van der Waals surface area contributed by atoms with Crippen molar-refractivity contribution in [2.45, 2.75) is 292 Å². The first-order valence-electron chi connectivity index (χ1n) is 30.8. The SMILES string of the molecule is CC1OC(OC2C(OC3C(C)OC(OC4C(O)C(C)OC(OC5CC6C(=CC[C@@]7(C)C6CC[C@@H]7C(C)(O)CC(=O)[C@@H](C)C(C)C)[C@@]6(C)CC[C@H](OS(=O)(=O)O)CC56)C4O)C(OC4OC(C)C(O)C(O)C4O)C3O)OC(CO)C(O)C2O)C(O)C(O)C1O. The quantitative estimate of drug-likeness (QED) is 0.0519. The van der Waals surface area contributed by atoms with Gasteiger partial charge in [-0.25, -0.2) is 4.18 Å². The third-order valence-corrected chi connectivity index (χ3v) is 22.0. The second-order valence-corrected chi connectivity index (χ2v) is 28.5. The molecule has 35 atom stereocenters. The smallest absolute Gasteiger partial charge is 0.394 e. The predicted octanol–water partition coefficient (Wildman–Crippen LogP) is -2.04. The summed E-state index contributed by atoms with van der Waals surface area (Å²) in [5.41, 5.74) is -1.30. The van der Waals surface area contributed by atoms with Gasteiger partial charge in [-0.15, -0.1) is 0 Å². The van der Waals surface area contributed by atoms with E-state index in [1.807, 2.05) is 20.8 Å². The van der Waals surface area contributed by atoms with Crippen LogP contribution in [0, 0.1) is 46.3 Å². The number of carbonyl (C=O) groups excluding carboxylic acids is 1. The highest BCUT2D eigenvalue weighted by Gasteiger charge is 2.64. The highest BCUT2D eigenvalue weighted by atomic mass is 32.3. The van der Waals surface area contributed by atoms with E-state index in [2.05, 4.69) is 19.9 Å². The number of Topliss-reactive ketones (excluding diaryl/α,β-unsaturated/α-hetero) is 1. The fraction of sp³-hybridized carbons (Fsp3) is 0.948. The van der Waals surface area contributed by atoms with Gasteiger partial charge in [0.1, 0.15) is 103 Å². The van der Waals surface area contributed by atoms with E-state index in [0.717, 1.165) is 5.57 Å². The molecule has 29 heteroatoms. The number of allylic oxidation sites excluding steroid dienone is 2. The Morgan fingerprint density at radius 2 is 1.13 bits per heavy atom. The van der Waals surface area contributed by atoms with Crippen LogP contribution in [0.3, 0.4) is 0 Å². The summed E-state index contributed by atoms with van der Waals surface area (Å²) in [7, 11) is -4.89. The second kappa shape index (κ2) is 26.6. The zero-order valence-corrected chi connectivity index (χ0v) is 51.7. The van der Waals surface area contributed by atoms with Gasteiger partial charge in [0.15, 0.2) is 31.5 Å². The summed E-state index contributed by atoms with van der Waals surface area (Å²) in [4.78, 5) is 13.6. The highest BCUT2D eigenvalue weighted by Crippen LogP contribution is 2.67. The van der Waals surface area contributed by atoms with Crippen molar-refractivity contribution in [1.29, 1.82) is 0 Å². The Morgan fingerprint density at radius 1 is 0.609 bits per heavy atom. The molecule has 87 heavy (non-hydrogen) atoms. The van der Waals surface area contributed by atoms with Crippen molar-refractivity contribution in [3.05, 3.63) is 11.6 Å². The molecule has 4 aliphatic carbocycles. The first-order chi connectivity index (χ1) is 40.5. The third-order valence-electron chi connectivity index (χ3n) is 21.5. The van der Waals surface area contributed by atoms with Crippen LogP contribution < -0.4 is 0 Å². The molecule has 9 rings (SSSR count). The summed E-state index contributed by atoms with van der Waals surface area (Å²) >= 11 is 0. The van der Waals surface area contributed by atoms with Gasteiger partial charge in [0.05, 0.1) is 48.8 Å². The Balaban J connectivity index is 0.996. The molecule has 0 amide bonds. The number of hydrogen-bond acceptors (Lipinski definition) is 27. The van der Waals surface area contributed by atoms with Crippen molar-refractivity contribution in [2.24, 2.45) is 46.3 Å². The van der Waals surface area contributed by atoms with Gasteiger partial charge in [0, 0.05) is 12.3 Å². The minimum absolute atomic E-state index is 0.00385. The van der Waals surface area contributed by atoms with Gasteiger partial charge in [-0.2, -0.15) is 8.42 Å². The lowest BCUT2D eigenvalue weighted by molar-refractivity contribution is -0.407. The van der Waals surface area contributed by atoms with E-state index in [9.17, 15) is 84.1 Å². The van der Waals surface area contributed by atoms with Gasteiger partial charge in [-0.1, -0.05) is 46.3 Å². The zero-order valence-electron chi connectivity index (χ0n) is 50.9. The average molecular weight is 1270 g/mol. The lowest BCUT2D eigenvalue weighted by Crippen LogP contribution is -2.68. The Kier molecular flexibility index (Phi) is 21.3. The fourth-order valence-electron chi connectivity index (χ4n) is 16.0. The summed E-state index contributed by atoms with van der Waals surface area (Å²) in [5.74, 6) is -1.12. The number of hydrogen-bond donors (Lipinski definition) is 14. The Bertz CT molecular complexity index is 2490. The maximum absolute atomic E-state index is 13.6. The van der Waals surface area contributed by atoms with Crippen molar-refractivity contribution in [1.82, 2.24) is 0 Å². The van der Waals surface area contributed by atoms with Gasteiger partial charge >= 0.3 is 10.4 Å².